The van der Waals surface area contributed by atoms with Crippen molar-refractivity contribution < 1.29 is 28.0 Å². The molecule has 0 saturated heterocycles. The van der Waals surface area contributed by atoms with Crippen LogP contribution in [0.1, 0.15) is 15.9 Å². The summed E-state index contributed by atoms with van der Waals surface area (Å²) in [5, 5.41) is 19.6. The summed E-state index contributed by atoms with van der Waals surface area (Å²) < 4.78 is 37.3. The van der Waals surface area contributed by atoms with Crippen molar-refractivity contribution in [2.24, 2.45) is 0 Å². The highest BCUT2D eigenvalue weighted by Crippen LogP contribution is 2.24. The zero-order valence-electron chi connectivity index (χ0n) is 11.1. The summed E-state index contributed by atoms with van der Waals surface area (Å²) in [4.78, 5) is 22.5. The van der Waals surface area contributed by atoms with Crippen LogP contribution in [0.4, 0.5) is 18.9 Å². The van der Waals surface area contributed by atoms with Crippen LogP contribution < -0.4 is 0 Å². The van der Waals surface area contributed by atoms with E-state index in [9.17, 15) is 28.1 Å². The summed E-state index contributed by atoms with van der Waals surface area (Å²) in [5.74, 6) is -1.14. The Morgan fingerprint density at radius 2 is 2.05 bits per heavy atom. The van der Waals surface area contributed by atoms with Crippen LogP contribution in [0.3, 0.4) is 0 Å². The van der Waals surface area contributed by atoms with Gasteiger partial charge in [0, 0.05) is 12.6 Å². The van der Waals surface area contributed by atoms with E-state index in [1.54, 1.807) is 6.92 Å². The average molecular weight is 306 g/mol. The molecule has 0 aliphatic rings. The third kappa shape index (κ3) is 4.71. The zero-order chi connectivity index (χ0) is 16.2. The molecule has 9 heteroatoms. The molecule has 1 aromatic carbocycles. The predicted molar refractivity (Wildman–Crippen MR) is 66.9 cm³/mol. The molecule has 0 saturated carbocycles. The zero-order valence-corrected chi connectivity index (χ0v) is 11.1. The van der Waals surface area contributed by atoms with Crippen LogP contribution in [0, 0.1) is 17.0 Å². The first-order valence-corrected chi connectivity index (χ1v) is 5.87. The smallest absolute Gasteiger partial charge is 0.395 e. The van der Waals surface area contributed by atoms with Crippen molar-refractivity contribution in [3.8, 4) is 0 Å². The number of carbonyl (C=O) groups excluding carboxylic acids is 1. The van der Waals surface area contributed by atoms with Crippen LogP contribution in [-0.4, -0.2) is 46.7 Å². The Kier molecular flexibility index (Phi) is 5.25. The lowest BCUT2D eigenvalue weighted by atomic mass is 10.1. The Balaban J connectivity index is 3.19. The lowest BCUT2D eigenvalue weighted by molar-refractivity contribution is -0.385. The standard InChI is InChI=1S/C12H13F3N2O4/c1-8-2-3-10(17(20)21)9(6-8)11(19)16(4-5-18)7-12(13,14)15/h2-3,6,18H,4-5,7H2,1H3. The summed E-state index contributed by atoms with van der Waals surface area (Å²) in [6.07, 6.45) is -4.66. The minimum atomic E-state index is -4.66. The van der Waals surface area contributed by atoms with Gasteiger partial charge in [-0.3, -0.25) is 14.9 Å². The summed E-state index contributed by atoms with van der Waals surface area (Å²) in [6, 6.07) is 3.60. The topological polar surface area (TPSA) is 83.7 Å². The number of aliphatic hydroxyl groups excluding tert-OH is 1. The molecule has 0 radical (unpaired) electrons. The van der Waals surface area contributed by atoms with Crippen molar-refractivity contribution in [2.75, 3.05) is 19.7 Å². The number of nitro benzene ring substituents is 1. The quantitative estimate of drug-likeness (QED) is 0.665. The van der Waals surface area contributed by atoms with E-state index in [1.165, 1.54) is 6.07 Å². The molecule has 0 aliphatic carbocycles. The van der Waals surface area contributed by atoms with Gasteiger partial charge in [0.1, 0.15) is 12.1 Å². The molecule has 1 amide bonds. The fourth-order valence-corrected chi connectivity index (χ4v) is 1.74. The number of hydrogen-bond donors (Lipinski definition) is 1. The number of nitrogens with zero attached hydrogens (tertiary/aromatic N) is 2. The molecule has 0 aliphatic heterocycles. The summed E-state index contributed by atoms with van der Waals surface area (Å²) in [6.45, 7) is -1.27. The second-order valence-corrected chi connectivity index (χ2v) is 4.34. The molecule has 0 spiro atoms. The molecule has 0 aromatic heterocycles. The average Bonchev–Trinajstić information content (AvgIpc) is 2.35. The van der Waals surface area contributed by atoms with Gasteiger partial charge in [0.2, 0.25) is 0 Å². The van der Waals surface area contributed by atoms with Gasteiger partial charge in [0.15, 0.2) is 0 Å². The maximum Gasteiger partial charge on any atom is 0.406 e. The van der Waals surface area contributed by atoms with Crippen molar-refractivity contribution in [3.63, 3.8) is 0 Å². The van der Waals surface area contributed by atoms with Gasteiger partial charge in [-0.25, -0.2) is 0 Å². The van der Waals surface area contributed by atoms with E-state index in [-0.39, 0.29) is 0 Å². The first kappa shape index (κ1) is 16.9. The molecule has 0 heterocycles. The van der Waals surface area contributed by atoms with Crippen LogP contribution in [-0.2, 0) is 0 Å². The number of amides is 1. The molecular weight excluding hydrogens is 293 g/mol. The van der Waals surface area contributed by atoms with Crippen molar-refractivity contribution in [1.82, 2.24) is 4.90 Å². The molecule has 1 rings (SSSR count). The number of hydrogen-bond acceptors (Lipinski definition) is 4. The second kappa shape index (κ2) is 6.53. The number of nitro groups is 1. The van der Waals surface area contributed by atoms with E-state index >= 15 is 0 Å². The fraction of sp³-hybridized carbons (Fsp3) is 0.417. The van der Waals surface area contributed by atoms with Gasteiger partial charge < -0.3 is 10.0 Å². The molecule has 6 nitrogen and oxygen atoms in total. The SMILES string of the molecule is Cc1ccc([N+](=O)[O-])c(C(=O)N(CCO)CC(F)(F)F)c1. The molecule has 1 N–H and O–H groups in total. The fourth-order valence-electron chi connectivity index (χ4n) is 1.74. The molecule has 1 aromatic rings. The van der Waals surface area contributed by atoms with E-state index in [2.05, 4.69) is 0 Å². The van der Waals surface area contributed by atoms with Crippen molar-refractivity contribution in [3.05, 3.63) is 39.4 Å². The monoisotopic (exact) mass is 306 g/mol. The van der Waals surface area contributed by atoms with E-state index in [1.807, 2.05) is 0 Å². The first-order chi connectivity index (χ1) is 9.65. The maximum atomic E-state index is 12.4. The third-order valence-electron chi connectivity index (χ3n) is 2.61. The maximum absolute atomic E-state index is 12.4. The van der Waals surface area contributed by atoms with Crippen LogP contribution in [0.25, 0.3) is 0 Å². The number of aryl methyl sites for hydroxylation is 1. The number of alkyl halides is 3. The molecule has 0 bridgehead atoms. The van der Waals surface area contributed by atoms with Crippen LogP contribution >= 0.6 is 0 Å². The Morgan fingerprint density at radius 1 is 1.43 bits per heavy atom. The molecule has 0 unspecified atom stereocenters. The normalized spacial score (nSPS) is 11.3. The second-order valence-electron chi connectivity index (χ2n) is 4.34. The molecule has 0 fully saturated rings. The van der Waals surface area contributed by atoms with Gasteiger partial charge in [-0.2, -0.15) is 13.2 Å². The number of halogens is 3. The number of rotatable bonds is 5. The molecular formula is C12H13F3N2O4. The lowest BCUT2D eigenvalue weighted by Gasteiger charge is -2.23. The summed E-state index contributed by atoms with van der Waals surface area (Å²) in [5.41, 5.74) is -0.506. The number of benzene rings is 1. The Morgan fingerprint density at radius 3 is 2.52 bits per heavy atom. The summed E-state index contributed by atoms with van der Waals surface area (Å²) in [7, 11) is 0. The van der Waals surface area contributed by atoms with Gasteiger partial charge in [0.05, 0.1) is 11.5 Å². The van der Waals surface area contributed by atoms with E-state index in [4.69, 9.17) is 5.11 Å². The molecule has 21 heavy (non-hydrogen) atoms. The highest BCUT2D eigenvalue weighted by molar-refractivity contribution is 5.98. The van der Waals surface area contributed by atoms with Gasteiger partial charge in [-0.1, -0.05) is 6.07 Å². The van der Waals surface area contributed by atoms with Gasteiger partial charge >= 0.3 is 6.18 Å². The van der Waals surface area contributed by atoms with E-state index < -0.39 is 48.0 Å². The van der Waals surface area contributed by atoms with Crippen molar-refractivity contribution in [1.29, 1.82) is 0 Å². The highest BCUT2D eigenvalue weighted by Gasteiger charge is 2.35. The van der Waals surface area contributed by atoms with Gasteiger partial charge in [-0.15, -0.1) is 0 Å². The van der Waals surface area contributed by atoms with Crippen LogP contribution in [0.5, 0.6) is 0 Å². The Labute approximate surface area is 117 Å². The van der Waals surface area contributed by atoms with Gasteiger partial charge in [-0.05, 0) is 18.6 Å². The lowest BCUT2D eigenvalue weighted by Crippen LogP contribution is -2.40. The van der Waals surface area contributed by atoms with E-state index in [0.29, 0.717) is 10.5 Å². The van der Waals surface area contributed by atoms with Crippen LogP contribution in [0.15, 0.2) is 18.2 Å². The summed E-state index contributed by atoms with van der Waals surface area (Å²) >= 11 is 0. The number of carbonyl (C=O) groups is 1. The highest BCUT2D eigenvalue weighted by atomic mass is 19.4. The van der Waals surface area contributed by atoms with Crippen molar-refractivity contribution in [2.45, 2.75) is 13.1 Å². The third-order valence-corrected chi connectivity index (χ3v) is 2.61. The molecule has 0 atom stereocenters. The Hall–Kier alpha value is -2.16. The first-order valence-electron chi connectivity index (χ1n) is 5.87. The molecule has 116 valence electrons. The van der Waals surface area contributed by atoms with Gasteiger partial charge in [0.25, 0.3) is 11.6 Å². The predicted octanol–water partition coefficient (Wildman–Crippen LogP) is 1.90. The minimum Gasteiger partial charge on any atom is -0.395 e. The Bertz CT molecular complexity index is 546. The minimum absolute atomic E-state index is 0.335. The van der Waals surface area contributed by atoms with Crippen LogP contribution in [0.2, 0.25) is 0 Å². The number of aliphatic hydroxyl groups is 1. The van der Waals surface area contributed by atoms with Crippen molar-refractivity contribution >= 4 is 11.6 Å². The van der Waals surface area contributed by atoms with E-state index in [0.717, 1.165) is 12.1 Å². The largest absolute Gasteiger partial charge is 0.406 e.